The lowest BCUT2D eigenvalue weighted by Crippen LogP contribution is -2.65. The van der Waals surface area contributed by atoms with Crippen molar-refractivity contribution in [2.24, 2.45) is 5.64 Å². The molecule has 0 saturated carbocycles. The number of nitrogens with two attached hydrogens (primary N) is 1. The fraction of sp³-hybridized carbons (Fsp3) is 1.00. The Kier molecular flexibility index (Phi) is 7.22. The van der Waals surface area contributed by atoms with Crippen molar-refractivity contribution in [2.45, 2.75) is 102 Å². The first kappa shape index (κ1) is 22.5. The molecule has 0 aliphatic carbocycles. The highest BCUT2D eigenvalue weighted by molar-refractivity contribution is 6.84. The standard InChI is InChI=1S/C17H37BNO5Si2/c1-10(2)25(11(3)4)21-9-14-16(15(20)17(18-19)22-14)23-26(24-25,12(5)6)13(7)8/h10-17,20H,9,19H2,1-8H3/t14-,15?,16+,17-/m1/s1. The van der Waals surface area contributed by atoms with E-state index in [2.05, 4.69) is 55.4 Å². The quantitative estimate of drug-likeness (QED) is 0.688. The van der Waals surface area contributed by atoms with Gasteiger partial charge in [0.15, 0.2) is 0 Å². The van der Waals surface area contributed by atoms with Gasteiger partial charge in [0.25, 0.3) is 0 Å². The third kappa shape index (κ3) is 3.74. The SMILES string of the molecule is CC(C)[Si]1(C(C)C)OC[C@H]2O[C@@H]([B]N)C(O)[C@H]2O[Si](C(C)C)(C(C)C)O1. The molecule has 0 spiro atoms. The monoisotopic (exact) mass is 402 g/mol. The first-order valence-electron chi connectivity index (χ1n) is 9.92. The summed E-state index contributed by atoms with van der Waals surface area (Å²) < 4.78 is 26.4. The average Bonchev–Trinajstić information content (AvgIpc) is 2.81. The minimum absolute atomic E-state index is 0.224. The zero-order valence-electron chi connectivity index (χ0n) is 17.6. The van der Waals surface area contributed by atoms with Crippen LogP contribution in [0.5, 0.6) is 0 Å². The van der Waals surface area contributed by atoms with Crippen LogP contribution >= 0.6 is 0 Å². The number of aliphatic hydroxyl groups excluding tert-OH is 1. The summed E-state index contributed by atoms with van der Waals surface area (Å²) in [5.74, 6) is 0. The van der Waals surface area contributed by atoms with Gasteiger partial charge in [-0.25, -0.2) is 0 Å². The summed E-state index contributed by atoms with van der Waals surface area (Å²) in [6.45, 7) is 17.8. The minimum Gasteiger partial charge on any atom is -0.414 e. The van der Waals surface area contributed by atoms with Crippen LogP contribution in [-0.2, 0) is 17.7 Å². The van der Waals surface area contributed by atoms with Gasteiger partial charge in [0, 0.05) is 0 Å². The Morgan fingerprint density at radius 2 is 1.42 bits per heavy atom. The van der Waals surface area contributed by atoms with Crippen molar-refractivity contribution in [1.82, 2.24) is 0 Å². The van der Waals surface area contributed by atoms with Crippen molar-refractivity contribution in [1.29, 1.82) is 0 Å². The fourth-order valence-electron chi connectivity index (χ4n) is 4.34. The number of aliphatic hydroxyl groups is 1. The second-order valence-electron chi connectivity index (χ2n) is 8.88. The van der Waals surface area contributed by atoms with E-state index in [0.717, 1.165) is 0 Å². The maximum absolute atomic E-state index is 10.7. The van der Waals surface area contributed by atoms with Gasteiger partial charge >= 0.3 is 17.1 Å². The molecule has 151 valence electrons. The largest absolute Gasteiger partial charge is 0.414 e. The topological polar surface area (TPSA) is 83.2 Å². The van der Waals surface area contributed by atoms with Gasteiger partial charge in [-0.2, -0.15) is 0 Å². The molecule has 1 unspecified atom stereocenters. The maximum atomic E-state index is 10.7. The molecule has 2 aliphatic rings. The predicted molar refractivity (Wildman–Crippen MR) is 108 cm³/mol. The molecule has 2 fully saturated rings. The first-order valence-corrected chi connectivity index (χ1v) is 13.9. The smallest absolute Gasteiger partial charge is 0.335 e. The van der Waals surface area contributed by atoms with Gasteiger partial charge in [-0.3, -0.25) is 0 Å². The van der Waals surface area contributed by atoms with Gasteiger partial charge in [0.1, 0.15) is 18.3 Å². The van der Waals surface area contributed by atoms with E-state index in [4.69, 9.17) is 23.3 Å². The van der Waals surface area contributed by atoms with Gasteiger partial charge in [-0.05, 0) is 22.2 Å². The number of hydrogen-bond acceptors (Lipinski definition) is 6. The molecule has 6 nitrogen and oxygen atoms in total. The minimum atomic E-state index is -2.71. The predicted octanol–water partition coefficient (Wildman–Crippen LogP) is 2.61. The molecule has 0 aromatic rings. The van der Waals surface area contributed by atoms with E-state index < -0.39 is 35.3 Å². The lowest BCUT2D eigenvalue weighted by Gasteiger charge is -2.51. The molecule has 2 rings (SSSR count). The summed E-state index contributed by atoms with van der Waals surface area (Å²) in [5.41, 5.74) is 6.70. The van der Waals surface area contributed by atoms with E-state index in [0.29, 0.717) is 6.61 Å². The maximum Gasteiger partial charge on any atom is 0.335 e. The molecule has 0 amide bonds. The average molecular weight is 402 g/mol. The Labute approximate surface area is 161 Å². The van der Waals surface area contributed by atoms with Crippen LogP contribution in [0.15, 0.2) is 0 Å². The summed E-state index contributed by atoms with van der Waals surface area (Å²) in [7, 11) is -3.86. The summed E-state index contributed by atoms with van der Waals surface area (Å²) in [4.78, 5) is 0. The van der Waals surface area contributed by atoms with Crippen LogP contribution in [0.1, 0.15) is 55.4 Å². The summed E-state index contributed by atoms with van der Waals surface area (Å²) in [6.07, 6.45) is -1.59. The van der Waals surface area contributed by atoms with Crippen LogP contribution in [0.3, 0.4) is 0 Å². The van der Waals surface area contributed by atoms with Crippen molar-refractivity contribution in [3.63, 3.8) is 0 Å². The Balaban J connectivity index is 2.52. The molecule has 2 aliphatic heterocycles. The number of hydrogen-bond donors (Lipinski definition) is 2. The van der Waals surface area contributed by atoms with Crippen LogP contribution in [0.2, 0.25) is 22.2 Å². The summed E-state index contributed by atoms with van der Waals surface area (Å²) >= 11 is 0. The van der Waals surface area contributed by atoms with Crippen LogP contribution in [0.4, 0.5) is 0 Å². The molecule has 2 saturated heterocycles. The number of rotatable bonds is 5. The van der Waals surface area contributed by atoms with E-state index in [-0.39, 0.29) is 28.3 Å². The van der Waals surface area contributed by atoms with E-state index in [9.17, 15) is 5.11 Å². The molecule has 0 bridgehead atoms. The van der Waals surface area contributed by atoms with Gasteiger partial charge in [-0.15, -0.1) is 0 Å². The van der Waals surface area contributed by atoms with Crippen molar-refractivity contribution < 1.29 is 22.8 Å². The van der Waals surface area contributed by atoms with Gasteiger partial charge in [0.2, 0.25) is 7.41 Å². The zero-order valence-corrected chi connectivity index (χ0v) is 19.6. The Morgan fingerprint density at radius 1 is 0.923 bits per heavy atom. The highest BCUT2D eigenvalue weighted by atomic mass is 28.5. The van der Waals surface area contributed by atoms with Gasteiger partial charge in [0.05, 0.1) is 12.6 Å². The van der Waals surface area contributed by atoms with Crippen molar-refractivity contribution in [3.8, 4) is 0 Å². The zero-order chi connectivity index (χ0) is 19.9. The lowest BCUT2D eigenvalue weighted by atomic mass is 9.83. The number of fused-ring (bicyclic) bond motifs is 1. The molecule has 2 heterocycles. The molecule has 4 atom stereocenters. The van der Waals surface area contributed by atoms with Crippen molar-refractivity contribution in [3.05, 3.63) is 0 Å². The second-order valence-corrected chi connectivity index (χ2v) is 17.7. The summed E-state index contributed by atoms with van der Waals surface area (Å²) in [5, 5.41) is 10.7. The first-order chi connectivity index (χ1) is 12.0. The van der Waals surface area contributed by atoms with Crippen molar-refractivity contribution >= 4 is 24.5 Å². The van der Waals surface area contributed by atoms with E-state index in [1.807, 2.05) is 0 Å². The molecule has 26 heavy (non-hydrogen) atoms. The molecule has 0 aromatic carbocycles. The molecule has 0 aromatic heterocycles. The molecule has 3 N–H and O–H groups in total. The third-order valence-electron chi connectivity index (χ3n) is 5.89. The highest BCUT2D eigenvalue weighted by Gasteiger charge is 2.61. The Bertz CT molecular complexity index is 464. The number of ether oxygens (including phenoxy) is 1. The van der Waals surface area contributed by atoms with E-state index in [1.165, 1.54) is 7.41 Å². The van der Waals surface area contributed by atoms with Crippen molar-refractivity contribution in [2.75, 3.05) is 6.61 Å². The second kappa shape index (κ2) is 8.32. The van der Waals surface area contributed by atoms with Gasteiger partial charge in [-0.1, -0.05) is 55.4 Å². The Hall–Kier alpha value is 0.259. The Morgan fingerprint density at radius 3 is 1.85 bits per heavy atom. The fourth-order valence-corrected chi connectivity index (χ4v) is 15.6. The van der Waals surface area contributed by atoms with Gasteiger partial charge < -0.3 is 28.5 Å². The summed E-state index contributed by atoms with van der Waals surface area (Å²) in [6, 6.07) is -0.535. The van der Waals surface area contributed by atoms with E-state index in [1.54, 1.807) is 0 Å². The molecular formula is C17H37BNO5Si2. The molecule has 1 radical (unpaired) electrons. The third-order valence-corrected chi connectivity index (χ3v) is 16.1. The van der Waals surface area contributed by atoms with E-state index >= 15 is 0 Å². The van der Waals surface area contributed by atoms with Crippen LogP contribution in [-0.4, -0.2) is 60.6 Å². The van der Waals surface area contributed by atoms with Crippen LogP contribution < -0.4 is 5.64 Å². The molecular weight excluding hydrogens is 365 g/mol. The lowest BCUT2D eigenvalue weighted by molar-refractivity contribution is -0.0320. The molecule has 9 heteroatoms. The highest BCUT2D eigenvalue weighted by Crippen LogP contribution is 2.47. The van der Waals surface area contributed by atoms with Crippen LogP contribution in [0.25, 0.3) is 0 Å². The van der Waals surface area contributed by atoms with Crippen LogP contribution in [0, 0.1) is 0 Å². The normalized spacial score (nSPS) is 34.2.